The van der Waals surface area contributed by atoms with Crippen LogP contribution in [0.3, 0.4) is 0 Å². The van der Waals surface area contributed by atoms with Crippen LogP contribution in [0.5, 0.6) is 0 Å². The molecule has 59 heavy (non-hydrogen) atoms. The molecule has 0 radical (unpaired) electrons. The average molecular weight is 744 g/mol. The van der Waals surface area contributed by atoms with Crippen LogP contribution in [0, 0.1) is 0 Å². The molecule has 13 aromatic carbocycles. The highest BCUT2D eigenvalue weighted by atomic mass is 15.0. The highest BCUT2D eigenvalue weighted by Crippen LogP contribution is 2.47. The Labute approximate surface area is 339 Å². The first-order valence-corrected chi connectivity index (χ1v) is 20.6. The lowest BCUT2D eigenvalue weighted by molar-refractivity contribution is 1.18. The minimum absolute atomic E-state index is 1.17. The second-order valence-electron chi connectivity index (χ2n) is 16.4. The summed E-state index contributed by atoms with van der Waals surface area (Å²) in [6, 6.07) is 75.1. The largest absolute Gasteiger partial charge is 0.309 e. The highest BCUT2D eigenvalue weighted by molar-refractivity contribution is 6.30. The van der Waals surface area contributed by atoms with Gasteiger partial charge in [-0.3, -0.25) is 0 Å². The topological polar surface area (TPSA) is 4.93 Å². The maximum absolute atomic E-state index is 2.45. The molecule has 1 aromatic heterocycles. The molecule has 0 bridgehead atoms. The van der Waals surface area contributed by atoms with Gasteiger partial charge in [-0.25, -0.2) is 0 Å². The molecule has 0 aliphatic carbocycles. The first kappa shape index (κ1) is 31.4. The molecule has 0 atom stereocenters. The summed E-state index contributed by atoms with van der Waals surface area (Å²) in [7, 11) is 0. The summed E-state index contributed by atoms with van der Waals surface area (Å²) >= 11 is 0. The normalized spacial score (nSPS) is 12.4. The molecular formula is C58H33N. The Bertz CT molecular complexity index is 3850. The summed E-state index contributed by atoms with van der Waals surface area (Å²) in [5.74, 6) is 0. The minimum atomic E-state index is 1.17. The monoisotopic (exact) mass is 743 g/mol. The zero-order valence-corrected chi connectivity index (χ0v) is 32.0. The number of aromatic nitrogens is 1. The van der Waals surface area contributed by atoms with E-state index in [0.717, 1.165) is 0 Å². The predicted octanol–water partition coefficient (Wildman–Crippen LogP) is 16.2. The molecule has 0 aliphatic rings. The van der Waals surface area contributed by atoms with Crippen molar-refractivity contribution in [2.75, 3.05) is 0 Å². The van der Waals surface area contributed by atoms with Gasteiger partial charge >= 0.3 is 0 Å². The third-order valence-corrected chi connectivity index (χ3v) is 13.4. The summed E-state index contributed by atoms with van der Waals surface area (Å²) in [6.07, 6.45) is 0. The lowest BCUT2D eigenvalue weighted by Gasteiger charge is -2.15. The lowest BCUT2D eigenvalue weighted by Crippen LogP contribution is -1.93. The van der Waals surface area contributed by atoms with Gasteiger partial charge in [0.2, 0.25) is 0 Å². The van der Waals surface area contributed by atoms with Gasteiger partial charge in [-0.15, -0.1) is 0 Å². The van der Waals surface area contributed by atoms with Crippen LogP contribution in [-0.4, -0.2) is 4.57 Å². The fourth-order valence-corrected chi connectivity index (χ4v) is 10.8. The van der Waals surface area contributed by atoms with E-state index in [1.165, 1.54) is 136 Å². The summed E-state index contributed by atoms with van der Waals surface area (Å²) in [6.45, 7) is 0. The van der Waals surface area contributed by atoms with Crippen molar-refractivity contribution in [2.24, 2.45) is 0 Å². The molecule has 0 fully saturated rings. The van der Waals surface area contributed by atoms with E-state index in [4.69, 9.17) is 0 Å². The molecule has 0 saturated heterocycles. The van der Waals surface area contributed by atoms with Crippen LogP contribution in [0.25, 0.3) is 136 Å². The summed E-state index contributed by atoms with van der Waals surface area (Å²) in [4.78, 5) is 0. The highest BCUT2D eigenvalue weighted by Gasteiger charge is 2.22. The lowest BCUT2D eigenvalue weighted by atomic mass is 9.88. The molecule has 1 heterocycles. The van der Waals surface area contributed by atoms with Crippen molar-refractivity contribution in [3.05, 3.63) is 200 Å². The van der Waals surface area contributed by atoms with E-state index >= 15 is 0 Å². The van der Waals surface area contributed by atoms with E-state index < -0.39 is 0 Å². The zero-order valence-electron chi connectivity index (χ0n) is 32.0. The Morgan fingerprint density at radius 3 is 1.14 bits per heavy atom. The van der Waals surface area contributed by atoms with Gasteiger partial charge in [-0.2, -0.15) is 0 Å². The Morgan fingerprint density at radius 1 is 0.237 bits per heavy atom. The Hall–Kier alpha value is -7.74. The van der Waals surface area contributed by atoms with Gasteiger partial charge in [0, 0.05) is 16.5 Å². The van der Waals surface area contributed by atoms with Gasteiger partial charge in [-0.1, -0.05) is 152 Å². The van der Waals surface area contributed by atoms with Crippen molar-refractivity contribution in [1.29, 1.82) is 0 Å². The van der Waals surface area contributed by atoms with E-state index in [9.17, 15) is 0 Å². The Balaban J connectivity index is 0.948. The van der Waals surface area contributed by atoms with E-state index in [1.807, 2.05) is 0 Å². The molecule has 0 spiro atoms. The van der Waals surface area contributed by atoms with Crippen molar-refractivity contribution in [3.8, 4) is 39.1 Å². The van der Waals surface area contributed by atoms with Crippen LogP contribution < -0.4 is 0 Å². The summed E-state index contributed by atoms with van der Waals surface area (Å²) < 4.78 is 2.45. The van der Waals surface area contributed by atoms with Gasteiger partial charge < -0.3 is 4.57 Å². The first-order valence-electron chi connectivity index (χ1n) is 20.6. The fraction of sp³-hybridized carbons (Fsp3) is 0. The van der Waals surface area contributed by atoms with Crippen molar-refractivity contribution < 1.29 is 0 Å². The minimum Gasteiger partial charge on any atom is -0.309 e. The second-order valence-corrected chi connectivity index (χ2v) is 16.4. The molecule has 1 nitrogen and oxygen atoms in total. The van der Waals surface area contributed by atoms with Crippen molar-refractivity contribution in [3.63, 3.8) is 0 Å². The van der Waals surface area contributed by atoms with Gasteiger partial charge in [0.05, 0.1) is 11.0 Å². The van der Waals surface area contributed by atoms with E-state index in [0.29, 0.717) is 0 Å². The van der Waals surface area contributed by atoms with Gasteiger partial charge in [-0.05, 0) is 157 Å². The van der Waals surface area contributed by atoms with Gasteiger partial charge in [0.15, 0.2) is 0 Å². The van der Waals surface area contributed by atoms with Crippen LogP contribution in [0.15, 0.2) is 200 Å². The molecule has 1 heteroatoms. The maximum Gasteiger partial charge on any atom is 0.0547 e. The molecule has 14 aromatic rings. The first-order chi connectivity index (χ1) is 29.2. The standard InChI is InChI=1S/C58H33N/c1-2-10-46(11-3-1)59-51-28-26-47(35-14-12-34(13-15-35)44-30-40-20-16-36-6-4-7-37-17-21-41(31-44)55(40)53(36)37)49-24-25-50-48(27-29-52(59)58(50)57(49)51)45-32-42-22-18-38-8-5-9-39-19-23-43(33-45)56(42)54(38)39/h1-33H. The average Bonchev–Trinajstić information content (AvgIpc) is 3.64. The second kappa shape index (κ2) is 11.4. The number of benzene rings is 13. The van der Waals surface area contributed by atoms with Gasteiger partial charge in [0.25, 0.3) is 0 Å². The molecule has 0 aliphatic heterocycles. The summed E-state index contributed by atoms with van der Waals surface area (Å²) in [5, 5.41) is 21.0. The van der Waals surface area contributed by atoms with E-state index in [2.05, 4.69) is 205 Å². The number of hydrogen-bond donors (Lipinski definition) is 0. The molecule has 0 amide bonds. The molecule has 0 N–H and O–H groups in total. The third-order valence-electron chi connectivity index (χ3n) is 13.4. The zero-order chi connectivity index (χ0) is 38.3. The van der Waals surface area contributed by atoms with Crippen molar-refractivity contribution in [1.82, 2.24) is 4.57 Å². The maximum atomic E-state index is 2.45. The molecule has 0 saturated carbocycles. The Kier molecular flexibility index (Phi) is 6.08. The predicted molar refractivity (Wildman–Crippen MR) is 253 cm³/mol. The Morgan fingerprint density at radius 2 is 0.644 bits per heavy atom. The van der Waals surface area contributed by atoms with Crippen LogP contribution in [-0.2, 0) is 0 Å². The number of rotatable bonds is 4. The van der Waals surface area contributed by atoms with E-state index in [-0.39, 0.29) is 0 Å². The fourth-order valence-electron chi connectivity index (χ4n) is 10.8. The summed E-state index contributed by atoms with van der Waals surface area (Å²) in [5.41, 5.74) is 11.1. The van der Waals surface area contributed by atoms with Crippen LogP contribution in [0.4, 0.5) is 0 Å². The van der Waals surface area contributed by atoms with Crippen molar-refractivity contribution >= 4 is 97.2 Å². The quantitative estimate of drug-likeness (QED) is 0.158. The number of nitrogens with zero attached hydrogens (tertiary/aromatic N) is 1. The molecule has 0 unspecified atom stereocenters. The van der Waals surface area contributed by atoms with Crippen molar-refractivity contribution in [2.45, 2.75) is 0 Å². The number of hydrogen-bond acceptors (Lipinski definition) is 0. The smallest absolute Gasteiger partial charge is 0.0547 e. The van der Waals surface area contributed by atoms with Crippen LogP contribution in [0.1, 0.15) is 0 Å². The van der Waals surface area contributed by atoms with E-state index in [1.54, 1.807) is 0 Å². The molecular weight excluding hydrogens is 711 g/mol. The molecule has 14 rings (SSSR count). The van der Waals surface area contributed by atoms with Gasteiger partial charge in [0.1, 0.15) is 0 Å². The SMILES string of the molecule is c1ccc(-n2c3ccc(-c4ccc(-c5cc6ccc7cccc8ccc(c5)c6c78)cc4)c4ccc5c(-c6cc7ccc8cccc9ccc(c6)c7c89)ccc2c5c43)cc1. The molecule has 270 valence electrons. The third kappa shape index (κ3) is 4.29. The van der Waals surface area contributed by atoms with Crippen LogP contribution >= 0.6 is 0 Å². The number of para-hydroxylation sites is 1. The van der Waals surface area contributed by atoms with Crippen LogP contribution in [0.2, 0.25) is 0 Å².